The molecule has 122 heavy (non-hydrogen) atoms. The molecule has 0 aromatic heterocycles. The van der Waals surface area contributed by atoms with Crippen molar-refractivity contribution in [1.82, 2.24) is 41.7 Å². The van der Waals surface area contributed by atoms with Gasteiger partial charge in [0.15, 0.2) is 23.1 Å². The molecule has 2 unspecified atom stereocenters. The summed E-state index contributed by atoms with van der Waals surface area (Å²) < 4.78 is 43.3. The molecular formula is C76H130I2N8O30S6. The van der Waals surface area contributed by atoms with Crippen molar-refractivity contribution in [1.29, 1.82) is 0 Å². The van der Waals surface area contributed by atoms with E-state index in [9.17, 15) is 107 Å². The zero-order valence-electron chi connectivity index (χ0n) is 70.8. The van der Waals surface area contributed by atoms with Gasteiger partial charge in [0.2, 0.25) is 47.3 Å². The molecule has 0 rings (SSSR count). The average molecular weight is 2080 g/mol. The van der Waals surface area contributed by atoms with Gasteiger partial charge in [-0.05, 0) is 76.1 Å². The molecular weight excluding hydrogens is 1950 g/mol. The minimum atomic E-state index is -1.20. The number of Topliss-reactive ketones (excluding diaryl/α,β-unsaturated/α-hetero) is 6. The Morgan fingerprint density at radius 3 is 0.861 bits per heavy atom. The number of amides is 8. The van der Waals surface area contributed by atoms with Gasteiger partial charge in [-0.2, -0.15) is 72.3 Å². The number of rotatable bonds is 80. The molecule has 0 bridgehead atoms. The number of ketones is 6. The minimum absolute atomic E-state index is 0.0164. The van der Waals surface area contributed by atoms with E-state index in [0.29, 0.717) is 47.6 Å². The number of carboxylic acid groups (broad SMARTS) is 4. The van der Waals surface area contributed by atoms with Gasteiger partial charge in [-0.15, -0.1) is 0 Å². The number of halogens is 2. The predicted molar refractivity (Wildman–Crippen MR) is 487 cm³/mol. The van der Waals surface area contributed by atoms with Crippen LogP contribution in [-0.4, -0.2) is 377 Å². The molecule has 8 amide bonds. The molecule has 0 saturated carbocycles. The van der Waals surface area contributed by atoms with E-state index in [1.165, 1.54) is 56.8 Å². The van der Waals surface area contributed by atoms with E-state index in [4.69, 9.17) is 37.9 Å². The van der Waals surface area contributed by atoms with Crippen molar-refractivity contribution in [2.24, 2.45) is 23.7 Å². The Hall–Kier alpha value is -5.10. The van der Waals surface area contributed by atoms with Gasteiger partial charge < -0.3 is 100 Å². The van der Waals surface area contributed by atoms with E-state index < -0.39 is 94.3 Å². The van der Waals surface area contributed by atoms with Crippen LogP contribution in [0.25, 0.3) is 0 Å². The molecule has 0 aliphatic rings. The number of nitrogens with zero attached hydrogens (tertiary/aromatic N) is 2. The van der Waals surface area contributed by atoms with Gasteiger partial charge >= 0.3 is 23.9 Å². The molecule has 0 spiro atoms. The van der Waals surface area contributed by atoms with E-state index in [-0.39, 0.29) is 293 Å². The van der Waals surface area contributed by atoms with Gasteiger partial charge in [-0.3, -0.25) is 86.3 Å². The highest BCUT2D eigenvalue weighted by Gasteiger charge is 2.31. The summed E-state index contributed by atoms with van der Waals surface area (Å²) in [4.78, 5) is 221. The molecule has 0 aliphatic carbocycles. The molecule has 0 radical (unpaired) electrons. The van der Waals surface area contributed by atoms with Gasteiger partial charge in [-0.1, -0.05) is 45.2 Å². The highest BCUT2D eigenvalue weighted by Crippen LogP contribution is 2.20. The molecule has 704 valence electrons. The quantitative estimate of drug-likeness (QED) is 0.0180. The number of carbonyl (C=O) groups excluding carboxylic acids is 14. The van der Waals surface area contributed by atoms with Crippen LogP contribution in [0.15, 0.2) is 0 Å². The fourth-order valence-corrected chi connectivity index (χ4v) is 12.5. The lowest BCUT2D eigenvalue weighted by Crippen LogP contribution is -2.43. The van der Waals surface area contributed by atoms with Crippen molar-refractivity contribution in [3.63, 3.8) is 0 Å². The Kier molecular flexibility index (Phi) is 87.5. The zero-order chi connectivity index (χ0) is 92.5. The van der Waals surface area contributed by atoms with E-state index in [1.807, 2.05) is 63.9 Å². The largest absolute Gasteiger partial charge is 0.481 e. The van der Waals surface area contributed by atoms with Crippen LogP contribution in [0.1, 0.15) is 103 Å². The molecule has 38 nitrogen and oxygen atoms in total. The number of carbonyl (C=O) groups is 18. The second kappa shape index (κ2) is 86.6. The molecule has 4 atom stereocenters. The van der Waals surface area contributed by atoms with Crippen LogP contribution in [0.5, 0.6) is 0 Å². The first-order chi connectivity index (χ1) is 58.5. The summed E-state index contributed by atoms with van der Waals surface area (Å²) in [6.07, 6.45) is 9.58. The van der Waals surface area contributed by atoms with Crippen molar-refractivity contribution in [3.8, 4) is 0 Å². The van der Waals surface area contributed by atoms with E-state index in [0.717, 1.165) is 0 Å². The smallest absolute Gasteiger partial charge is 0.306 e. The summed E-state index contributed by atoms with van der Waals surface area (Å²) in [6.45, 7) is 2.19. The third-order valence-electron chi connectivity index (χ3n) is 16.2. The van der Waals surface area contributed by atoms with Crippen LogP contribution >= 0.6 is 117 Å². The van der Waals surface area contributed by atoms with Gasteiger partial charge in [0.1, 0.15) is 38.0 Å². The van der Waals surface area contributed by atoms with Gasteiger partial charge in [0.05, 0.1) is 123 Å². The van der Waals surface area contributed by atoms with Crippen molar-refractivity contribution in [2.45, 2.75) is 103 Å². The maximum absolute atomic E-state index is 13.6. The maximum Gasteiger partial charge on any atom is 0.306 e. The van der Waals surface area contributed by atoms with Crippen LogP contribution in [0.2, 0.25) is 0 Å². The molecule has 0 aromatic carbocycles. The topological polar surface area (TPSA) is 541 Å². The average Bonchev–Trinajstić information content (AvgIpc) is 0.880. The molecule has 0 aromatic rings. The van der Waals surface area contributed by atoms with Crippen LogP contribution in [0, 0.1) is 23.7 Å². The number of hydrogen-bond acceptors (Lipinski definition) is 32. The van der Waals surface area contributed by atoms with Crippen molar-refractivity contribution in [2.75, 3.05) is 241 Å². The Balaban J connectivity index is -0.00000110. The van der Waals surface area contributed by atoms with E-state index in [2.05, 4.69) is 57.2 Å². The Morgan fingerprint density at radius 2 is 0.574 bits per heavy atom. The molecule has 46 heteroatoms. The number of ether oxygens (including phenoxy) is 8. The molecule has 0 fully saturated rings. The van der Waals surface area contributed by atoms with E-state index >= 15 is 0 Å². The number of aliphatic carboxylic acids is 4. The standard InChI is InChI=1S/C38H64N4O15S3.C36H58I2N4O15S.2CH4S/c1-58-25-30(43)5-4-13-42(14-10-39-34(47)26-59-2)37(51)28(7-9-36(49)50)21-31(44)23-56-19-17-54-15-11-40-33(46)8-6-29(38(52)53)22-32(45)24-57-20-18-55-16-12-41-35(48)27-60-3;1-58-25-33(48)41-10-14-55-16-18-57-24-30(45)20-27(36(52)53)4-6-31(46)40-9-13-54-15-17-56-23-29(44)19-26(5-7-34(49)50)35(51)42(11-2-3-28(43)21-37)12-8-39-32(47)22-38;2*1-2/h28-29H,4-27H2,1-3H3,(H,39,47)(H,40,46)(H,41,48)(H,49,50)(H,52,53);26-27H,2-25H2,1H3,(H,39,47)(H,40,46)(H,41,48)(H,49,50)(H,52,53);2*2H,1H3/t28-,29?;26-,27?;;/m00../s1. The summed E-state index contributed by atoms with van der Waals surface area (Å²) in [5.41, 5.74) is 0. The zero-order valence-corrected chi connectivity index (χ0v) is 80.2. The van der Waals surface area contributed by atoms with Crippen molar-refractivity contribution in [3.05, 3.63) is 0 Å². The fraction of sp³-hybridized carbons (Fsp3) is 0.763. The first-order valence-electron chi connectivity index (χ1n) is 39.2. The Morgan fingerprint density at radius 1 is 0.303 bits per heavy atom. The van der Waals surface area contributed by atoms with Crippen LogP contribution in [0.4, 0.5) is 0 Å². The summed E-state index contributed by atoms with van der Waals surface area (Å²) in [7, 11) is 0. The lowest BCUT2D eigenvalue weighted by molar-refractivity contribution is -0.145. The lowest BCUT2D eigenvalue weighted by Gasteiger charge is -2.27. The Bertz CT molecular complexity index is 2980. The van der Waals surface area contributed by atoms with Gasteiger partial charge in [-0.25, -0.2) is 0 Å². The molecule has 0 heterocycles. The first kappa shape index (κ1) is 123. The number of thiol groups is 2. The first-order valence-corrected chi connectivity index (χ1v) is 49.6. The highest BCUT2D eigenvalue weighted by atomic mass is 127. The SMILES string of the molecule is CS.CS.CSCC(=O)CCCN(CCNC(=O)CSC)C(=O)[C@@H](CCC(=O)O)CC(=O)COCCOCCNC(=O)CCC(CC(=O)COCCOCCNC(=O)CSC)C(=O)O.CSCC(=O)NCCOCCOCC(=O)CC(CCC(=O)NCCOCCOCC(=O)C[C@H](CCC(=O)O)C(=O)N(CCCC(=O)CI)CCNC(=O)CI)C(=O)O. The number of thioether (sulfide) groups is 4. The second-order valence-corrected chi connectivity index (χ2v) is 31.1. The fourth-order valence-electron chi connectivity index (χ4n) is 10.3. The van der Waals surface area contributed by atoms with Crippen LogP contribution < -0.4 is 31.9 Å². The minimum Gasteiger partial charge on any atom is -0.481 e. The predicted octanol–water partition coefficient (Wildman–Crippen LogP) is 2.33. The number of alkyl halides is 2. The Labute approximate surface area is 770 Å². The van der Waals surface area contributed by atoms with E-state index in [1.54, 1.807) is 18.8 Å². The molecule has 10 N–H and O–H groups in total. The van der Waals surface area contributed by atoms with Crippen molar-refractivity contribution < 1.29 is 145 Å². The third-order valence-corrected chi connectivity index (χ3v) is 20.0. The summed E-state index contributed by atoms with van der Waals surface area (Å²) in [5, 5.41) is 53.5. The van der Waals surface area contributed by atoms with Gasteiger partial charge in [0, 0.05) is 141 Å². The third kappa shape index (κ3) is 77.3. The van der Waals surface area contributed by atoms with Crippen LogP contribution in [-0.2, 0) is 124 Å². The summed E-state index contributed by atoms with van der Waals surface area (Å²) in [5.74, 6) is -11.3. The molecule has 0 aliphatic heterocycles. The monoisotopic (exact) mass is 2080 g/mol. The normalized spacial score (nSPS) is 11.6. The van der Waals surface area contributed by atoms with Crippen LogP contribution in [0.3, 0.4) is 0 Å². The lowest BCUT2D eigenvalue weighted by atomic mass is 9.95. The van der Waals surface area contributed by atoms with Gasteiger partial charge in [0.25, 0.3) is 0 Å². The number of hydrogen-bond donors (Lipinski definition) is 12. The summed E-state index contributed by atoms with van der Waals surface area (Å²) >= 11 is 16.5. The number of carboxylic acids is 4. The highest BCUT2D eigenvalue weighted by molar-refractivity contribution is 14.1. The summed E-state index contributed by atoms with van der Waals surface area (Å²) in [6, 6.07) is 0. The number of nitrogens with one attached hydrogen (secondary N) is 6. The molecule has 0 saturated heterocycles. The second-order valence-electron chi connectivity index (χ2n) is 26.1. The van der Waals surface area contributed by atoms with Crippen molar-refractivity contribution >= 4 is 223 Å². The maximum atomic E-state index is 13.6.